The average Bonchev–Trinajstić information content (AvgIpc) is 2.77. The van der Waals surface area contributed by atoms with E-state index in [1.807, 2.05) is 12.1 Å². The number of aryl methyl sites for hydroxylation is 2. The molecule has 2 N–H and O–H groups in total. The van der Waals surface area contributed by atoms with Gasteiger partial charge in [0.1, 0.15) is 0 Å². The number of pyridine rings is 1. The fourth-order valence-corrected chi connectivity index (χ4v) is 2.73. The lowest BCUT2D eigenvalue weighted by atomic mass is 9.98. The van der Waals surface area contributed by atoms with Crippen LogP contribution in [0.2, 0.25) is 0 Å². The summed E-state index contributed by atoms with van der Waals surface area (Å²) in [5, 5.41) is 0. The van der Waals surface area contributed by atoms with Gasteiger partial charge in [-0.1, -0.05) is 12.1 Å². The largest absolute Gasteiger partial charge is 0.398 e. The van der Waals surface area contributed by atoms with Crippen molar-refractivity contribution in [1.82, 2.24) is 4.98 Å². The van der Waals surface area contributed by atoms with Crippen molar-refractivity contribution in [2.75, 3.05) is 5.73 Å². The van der Waals surface area contributed by atoms with Crippen LogP contribution < -0.4 is 5.73 Å². The first kappa shape index (κ1) is 11.2. The summed E-state index contributed by atoms with van der Waals surface area (Å²) in [7, 11) is 0. The Balaban J connectivity index is 2.17. The first-order chi connectivity index (χ1) is 8.65. The number of nitrogens with zero attached hydrogens (tertiary/aromatic N) is 1. The van der Waals surface area contributed by atoms with Crippen molar-refractivity contribution in [2.45, 2.75) is 26.2 Å². The molecular weight excluding hydrogens is 227 g/mol. The molecule has 0 radical (unpaired) electrons. The number of nitrogen functional groups attached to an aromatic ring is 1. The minimum absolute atomic E-state index is 0.454. The highest BCUT2D eigenvalue weighted by Gasteiger charge is 2.17. The summed E-state index contributed by atoms with van der Waals surface area (Å²) in [5.74, 6) is -0.454. The molecule has 1 aromatic heterocycles. The minimum Gasteiger partial charge on any atom is -0.398 e. The van der Waals surface area contributed by atoms with E-state index in [0.717, 1.165) is 36.1 Å². The Morgan fingerprint density at radius 3 is 2.83 bits per heavy atom. The van der Waals surface area contributed by atoms with Crippen LogP contribution in [0.5, 0.6) is 0 Å². The molecule has 18 heavy (non-hydrogen) atoms. The third-order valence-corrected chi connectivity index (χ3v) is 3.56. The standard InChI is InChI=1S/C15H15FN2/c1-9-7-11(8-14(16)18-9)13-6-5-10-3-2-4-12(10)15(13)17/h5-8H,2-4,17H2,1H3. The molecule has 1 aromatic carbocycles. The van der Waals surface area contributed by atoms with Crippen LogP contribution >= 0.6 is 0 Å². The number of aromatic nitrogens is 1. The molecule has 2 nitrogen and oxygen atoms in total. The Hall–Kier alpha value is -1.90. The van der Waals surface area contributed by atoms with Gasteiger partial charge in [-0.05, 0) is 48.9 Å². The molecular formula is C15H15FN2. The van der Waals surface area contributed by atoms with Crippen LogP contribution in [-0.2, 0) is 12.8 Å². The summed E-state index contributed by atoms with van der Waals surface area (Å²) >= 11 is 0. The molecule has 0 bridgehead atoms. The molecule has 1 aliphatic rings. The summed E-state index contributed by atoms with van der Waals surface area (Å²) < 4.78 is 13.4. The topological polar surface area (TPSA) is 38.9 Å². The fraction of sp³-hybridized carbons (Fsp3) is 0.267. The van der Waals surface area contributed by atoms with Gasteiger partial charge >= 0.3 is 0 Å². The molecule has 92 valence electrons. The van der Waals surface area contributed by atoms with Gasteiger partial charge in [0.05, 0.1) is 0 Å². The van der Waals surface area contributed by atoms with E-state index in [1.54, 1.807) is 6.92 Å². The molecule has 0 spiro atoms. The van der Waals surface area contributed by atoms with Crippen molar-refractivity contribution in [3.05, 3.63) is 47.0 Å². The van der Waals surface area contributed by atoms with E-state index in [-0.39, 0.29) is 0 Å². The lowest BCUT2D eigenvalue weighted by Crippen LogP contribution is -1.98. The summed E-state index contributed by atoms with van der Waals surface area (Å²) in [6, 6.07) is 7.42. The molecule has 3 rings (SSSR count). The van der Waals surface area contributed by atoms with Crippen LogP contribution in [0.1, 0.15) is 23.2 Å². The molecule has 0 atom stereocenters. The van der Waals surface area contributed by atoms with Gasteiger partial charge in [-0.2, -0.15) is 4.39 Å². The number of fused-ring (bicyclic) bond motifs is 1. The number of anilines is 1. The zero-order valence-corrected chi connectivity index (χ0v) is 10.3. The van der Waals surface area contributed by atoms with E-state index in [9.17, 15) is 4.39 Å². The third-order valence-electron chi connectivity index (χ3n) is 3.56. The maximum atomic E-state index is 13.4. The number of benzene rings is 1. The lowest BCUT2D eigenvalue weighted by molar-refractivity contribution is 0.581. The quantitative estimate of drug-likeness (QED) is 0.615. The van der Waals surface area contributed by atoms with Gasteiger partial charge in [-0.25, -0.2) is 4.98 Å². The highest BCUT2D eigenvalue weighted by molar-refractivity contribution is 5.80. The zero-order valence-electron chi connectivity index (χ0n) is 10.3. The van der Waals surface area contributed by atoms with Crippen molar-refractivity contribution in [2.24, 2.45) is 0 Å². The molecule has 0 unspecified atom stereocenters. The van der Waals surface area contributed by atoms with Crippen molar-refractivity contribution in [3.63, 3.8) is 0 Å². The monoisotopic (exact) mass is 242 g/mol. The number of nitrogens with two attached hydrogens (primary N) is 1. The average molecular weight is 242 g/mol. The first-order valence-electron chi connectivity index (χ1n) is 6.20. The van der Waals surface area contributed by atoms with E-state index in [2.05, 4.69) is 11.1 Å². The van der Waals surface area contributed by atoms with Gasteiger partial charge in [0.2, 0.25) is 5.95 Å². The van der Waals surface area contributed by atoms with Crippen molar-refractivity contribution < 1.29 is 4.39 Å². The van der Waals surface area contributed by atoms with Gasteiger partial charge in [-0.3, -0.25) is 0 Å². The maximum absolute atomic E-state index is 13.4. The molecule has 3 heteroatoms. The Morgan fingerprint density at radius 1 is 1.22 bits per heavy atom. The van der Waals surface area contributed by atoms with Crippen LogP contribution in [0, 0.1) is 12.9 Å². The smallest absolute Gasteiger partial charge is 0.213 e. The normalized spacial score (nSPS) is 13.7. The second-order valence-electron chi connectivity index (χ2n) is 4.84. The Morgan fingerprint density at radius 2 is 2.06 bits per heavy atom. The highest BCUT2D eigenvalue weighted by atomic mass is 19.1. The predicted molar refractivity (Wildman–Crippen MR) is 70.8 cm³/mol. The molecule has 2 aromatic rings. The van der Waals surface area contributed by atoms with Gasteiger partial charge in [-0.15, -0.1) is 0 Å². The Kier molecular flexibility index (Phi) is 2.54. The second kappa shape index (κ2) is 4.09. The van der Waals surface area contributed by atoms with Crippen LogP contribution in [0.3, 0.4) is 0 Å². The minimum atomic E-state index is -0.454. The summed E-state index contributed by atoms with van der Waals surface area (Å²) in [4.78, 5) is 3.75. The van der Waals surface area contributed by atoms with Gasteiger partial charge in [0, 0.05) is 23.0 Å². The van der Waals surface area contributed by atoms with E-state index in [1.165, 1.54) is 17.2 Å². The molecule has 1 heterocycles. The van der Waals surface area contributed by atoms with Crippen LogP contribution in [0.4, 0.5) is 10.1 Å². The molecule has 0 aliphatic heterocycles. The molecule has 0 fully saturated rings. The lowest BCUT2D eigenvalue weighted by Gasteiger charge is -2.11. The van der Waals surface area contributed by atoms with Gasteiger partial charge in [0.25, 0.3) is 0 Å². The SMILES string of the molecule is Cc1cc(-c2ccc3c(c2N)CCC3)cc(F)n1. The number of halogens is 1. The maximum Gasteiger partial charge on any atom is 0.213 e. The first-order valence-corrected chi connectivity index (χ1v) is 6.20. The predicted octanol–water partition coefficient (Wildman–Crippen LogP) is 3.27. The summed E-state index contributed by atoms with van der Waals surface area (Å²) in [6.07, 6.45) is 3.29. The zero-order chi connectivity index (χ0) is 12.7. The summed E-state index contributed by atoms with van der Waals surface area (Å²) in [5.41, 5.74) is 12.0. The molecule has 1 aliphatic carbocycles. The number of hydrogen-bond donors (Lipinski definition) is 1. The van der Waals surface area contributed by atoms with Gasteiger partial charge in [0.15, 0.2) is 0 Å². The van der Waals surface area contributed by atoms with Crippen LogP contribution in [0.25, 0.3) is 11.1 Å². The second-order valence-corrected chi connectivity index (χ2v) is 4.84. The third kappa shape index (κ3) is 1.76. The van der Waals surface area contributed by atoms with Crippen molar-refractivity contribution >= 4 is 5.69 Å². The highest BCUT2D eigenvalue weighted by Crippen LogP contribution is 2.35. The number of hydrogen-bond acceptors (Lipinski definition) is 2. The number of rotatable bonds is 1. The summed E-state index contributed by atoms with van der Waals surface area (Å²) in [6.45, 7) is 1.79. The van der Waals surface area contributed by atoms with E-state index < -0.39 is 5.95 Å². The van der Waals surface area contributed by atoms with E-state index in [0.29, 0.717) is 5.69 Å². The van der Waals surface area contributed by atoms with Crippen LogP contribution in [0.15, 0.2) is 24.3 Å². The van der Waals surface area contributed by atoms with Crippen molar-refractivity contribution in [1.29, 1.82) is 0 Å². The molecule has 0 amide bonds. The van der Waals surface area contributed by atoms with Gasteiger partial charge < -0.3 is 5.73 Å². The van der Waals surface area contributed by atoms with E-state index >= 15 is 0 Å². The Labute approximate surface area is 106 Å². The van der Waals surface area contributed by atoms with Crippen molar-refractivity contribution in [3.8, 4) is 11.1 Å². The van der Waals surface area contributed by atoms with Crippen LogP contribution in [-0.4, -0.2) is 4.98 Å². The van der Waals surface area contributed by atoms with E-state index in [4.69, 9.17) is 5.73 Å². The fourth-order valence-electron chi connectivity index (χ4n) is 2.73. The molecule has 0 saturated heterocycles. The Bertz CT molecular complexity index is 600. The molecule has 0 saturated carbocycles.